The van der Waals surface area contributed by atoms with Crippen molar-refractivity contribution < 1.29 is 0 Å². The van der Waals surface area contributed by atoms with Crippen molar-refractivity contribution in [3.63, 3.8) is 0 Å². The molecular weight excluding hydrogens is 172 g/mol. The van der Waals surface area contributed by atoms with Gasteiger partial charge in [-0.25, -0.2) is 0 Å². The topological polar surface area (TPSA) is 35.8 Å². The summed E-state index contributed by atoms with van der Waals surface area (Å²) in [5, 5.41) is 11.9. The van der Waals surface area contributed by atoms with Crippen LogP contribution in [0.2, 0.25) is 0 Å². The first kappa shape index (κ1) is 10.2. The van der Waals surface area contributed by atoms with E-state index in [1.165, 1.54) is 0 Å². The molecule has 0 fully saturated rings. The summed E-state index contributed by atoms with van der Waals surface area (Å²) in [6.07, 6.45) is 5.84. The zero-order valence-corrected chi connectivity index (χ0v) is 8.17. The van der Waals surface area contributed by atoms with Crippen LogP contribution >= 0.6 is 0 Å². The van der Waals surface area contributed by atoms with Gasteiger partial charge >= 0.3 is 0 Å². The summed E-state index contributed by atoms with van der Waals surface area (Å²) in [5.74, 6) is 2.56. The van der Waals surface area contributed by atoms with Gasteiger partial charge in [0.25, 0.3) is 0 Å². The summed E-state index contributed by atoms with van der Waals surface area (Å²) < 4.78 is 0. The summed E-state index contributed by atoms with van der Waals surface area (Å²) in [6.45, 7) is 2.69. The van der Waals surface area contributed by atoms with E-state index >= 15 is 0 Å². The quantitative estimate of drug-likeness (QED) is 0.578. The summed E-state index contributed by atoms with van der Waals surface area (Å²) in [7, 11) is 0. The van der Waals surface area contributed by atoms with E-state index in [0.29, 0.717) is 12.0 Å². The lowest BCUT2D eigenvalue weighted by molar-refractivity contribution is 1.10. The molecule has 0 aliphatic heterocycles. The highest BCUT2D eigenvalue weighted by atomic mass is 14.9. The summed E-state index contributed by atoms with van der Waals surface area (Å²) in [5.41, 5.74) is 2.71. The van der Waals surface area contributed by atoms with Crippen LogP contribution in [0.15, 0.2) is 18.2 Å². The average Bonchev–Trinajstić information content (AvgIpc) is 2.18. The molecule has 0 aliphatic carbocycles. The lowest BCUT2D eigenvalue weighted by atomic mass is 10.1. The van der Waals surface area contributed by atoms with Gasteiger partial charge in [-0.15, -0.1) is 12.3 Å². The Morgan fingerprint density at radius 1 is 1.50 bits per heavy atom. The number of nitriles is 1. The Morgan fingerprint density at radius 3 is 2.86 bits per heavy atom. The van der Waals surface area contributed by atoms with Crippen molar-refractivity contribution in [2.24, 2.45) is 0 Å². The molecule has 2 nitrogen and oxygen atoms in total. The summed E-state index contributed by atoms with van der Waals surface area (Å²) in [6, 6.07) is 7.79. The largest absolute Gasteiger partial charge is 0.384 e. The number of hydrogen-bond donors (Lipinski definition) is 1. The average molecular weight is 184 g/mol. The molecule has 0 amide bonds. The number of rotatable bonds is 3. The SMILES string of the molecule is C#CCCNc1ccc(C#N)c(C)c1. The first-order chi connectivity index (χ1) is 6.77. The van der Waals surface area contributed by atoms with Crippen LogP contribution in [0.3, 0.4) is 0 Å². The van der Waals surface area contributed by atoms with Crippen LogP contribution in [0.25, 0.3) is 0 Å². The fourth-order valence-electron chi connectivity index (χ4n) is 1.18. The maximum Gasteiger partial charge on any atom is 0.0994 e. The fourth-order valence-corrected chi connectivity index (χ4v) is 1.18. The van der Waals surface area contributed by atoms with Gasteiger partial charge in [0.1, 0.15) is 0 Å². The molecule has 2 heteroatoms. The van der Waals surface area contributed by atoms with E-state index in [2.05, 4.69) is 17.3 Å². The number of benzene rings is 1. The minimum absolute atomic E-state index is 0.707. The fraction of sp³-hybridized carbons (Fsp3) is 0.250. The molecular formula is C12H12N2. The maximum absolute atomic E-state index is 8.73. The van der Waals surface area contributed by atoms with Gasteiger partial charge in [-0.05, 0) is 30.7 Å². The number of nitrogens with one attached hydrogen (secondary N) is 1. The van der Waals surface area contributed by atoms with E-state index in [1.807, 2.05) is 25.1 Å². The minimum atomic E-state index is 0.707. The maximum atomic E-state index is 8.73. The Kier molecular flexibility index (Phi) is 3.58. The Labute approximate surface area is 84.6 Å². The second-order valence-electron chi connectivity index (χ2n) is 3.02. The van der Waals surface area contributed by atoms with E-state index < -0.39 is 0 Å². The molecule has 0 aromatic heterocycles. The van der Waals surface area contributed by atoms with Crippen LogP contribution in [0, 0.1) is 30.6 Å². The molecule has 0 saturated heterocycles. The molecule has 70 valence electrons. The predicted octanol–water partition coefficient (Wildman–Crippen LogP) is 2.30. The van der Waals surface area contributed by atoms with Crippen molar-refractivity contribution in [3.05, 3.63) is 29.3 Å². The first-order valence-electron chi connectivity index (χ1n) is 4.46. The van der Waals surface area contributed by atoms with Gasteiger partial charge in [-0.1, -0.05) is 0 Å². The second kappa shape index (κ2) is 4.94. The van der Waals surface area contributed by atoms with E-state index in [-0.39, 0.29) is 0 Å². The lowest BCUT2D eigenvalue weighted by Crippen LogP contribution is -2.00. The van der Waals surface area contributed by atoms with Crippen molar-refractivity contribution in [3.8, 4) is 18.4 Å². The Hall–Kier alpha value is -1.93. The number of terminal acetylenes is 1. The molecule has 1 aromatic rings. The highest BCUT2D eigenvalue weighted by Gasteiger charge is 1.97. The highest BCUT2D eigenvalue weighted by Crippen LogP contribution is 2.13. The van der Waals surface area contributed by atoms with Crippen LogP contribution in [0.4, 0.5) is 5.69 Å². The van der Waals surface area contributed by atoms with Gasteiger partial charge in [0.05, 0.1) is 11.6 Å². The number of hydrogen-bond acceptors (Lipinski definition) is 2. The van der Waals surface area contributed by atoms with E-state index in [0.717, 1.165) is 17.8 Å². The molecule has 1 rings (SSSR count). The molecule has 0 unspecified atom stereocenters. The summed E-state index contributed by atoms with van der Waals surface area (Å²) >= 11 is 0. The normalized spacial score (nSPS) is 8.79. The highest BCUT2D eigenvalue weighted by molar-refractivity contribution is 5.51. The van der Waals surface area contributed by atoms with Crippen LogP contribution in [0.5, 0.6) is 0 Å². The Morgan fingerprint density at radius 2 is 2.29 bits per heavy atom. The van der Waals surface area contributed by atoms with Crippen LogP contribution in [-0.4, -0.2) is 6.54 Å². The van der Waals surface area contributed by atoms with Crippen molar-refractivity contribution in [2.75, 3.05) is 11.9 Å². The smallest absolute Gasteiger partial charge is 0.0994 e. The number of aryl methyl sites for hydroxylation is 1. The van der Waals surface area contributed by atoms with Crippen molar-refractivity contribution >= 4 is 5.69 Å². The molecule has 0 aliphatic rings. The third kappa shape index (κ3) is 2.54. The van der Waals surface area contributed by atoms with Crippen LogP contribution in [-0.2, 0) is 0 Å². The molecule has 0 saturated carbocycles. The molecule has 14 heavy (non-hydrogen) atoms. The van der Waals surface area contributed by atoms with Crippen molar-refractivity contribution in [1.29, 1.82) is 5.26 Å². The van der Waals surface area contributed by atoms with Crippen LogP contribution < -0.4 is 5.32 Å². The Balaban J connectivity index is 2.69. The third-order valence-corrected chi connectivity index (χ3v) is 1.95. The van der Waals surface area contributed by atoms with Gasteiger partial charge < -0.3 is 5.32 Å². The molecule has 0 bridgehead atoms. The second-order valence-corrected chi connectivity index (χ2v) is 3.02. The van der Waals surface area contributed by atoms with E-state index in [4.69, 9.17) is 11.7 Å². The van der Waals surface area contributed by atoms with Crippen molar-refractivity contribution in [1.82, 2.24) is 0 Å². The van der Waals surface area contributed by atoms with E-state index in [9.17, 15) is 0 Å². The van der Waals surface area contributed by atoms with Crippen molar-refractivity contribution in [2.45, 2.75) is 13.3 Å². The van der Waals surface area contributed by atoms with Gasteiger partial charge in [-0.2, -0.15) is 5.26 Å². The summed E-state index contributed by atoms with van der Waals surface area (Å²) in [4.78, 5) is 0. The number of anilines is 1. The molecule has 0 spiro atoms. The molecule has 0 heterocycles. The standard InChI is InChI=1S/C12H12N2/c1-3-4-7-14-12-6-5-11(9-13)10(2)8-12/h1,5-6,8,14H,4,7H2,2H3. The van der Waals surface area contributed by atoms with Gasteiger partial charge in [0.15, 0.2) is 0 Å². The van der Waals surface area contributed by atoms with Crippen LogP contribution in [0.1, 0.15) is 17.5 Å². The first-order valence-corrected chi connectivity index (χ1v) is 4.46. The lowest BCUT2D eigenvalue weighted by Gasteiger charge is -2.05. The molecule has 0 atom stereocenters. The molecule has 0 radical (unpaired) electrons. The number of nitrogens with zero attached hydrogens (tertiary/aromatic N) is 1. The van der Waals surface area contributed by atoms with Gasteiger partial charge in [-0.3, -0.25) is 0 Å². The monoisotopic (exact) mass is 184 g/mol. The van der Waals surface area contributed by atoms with E-state index in [1.54, 1.807) is 0 Å². The zero-order chi connectivity index (χ0) is 10.4. The minimum Gasteiger partial charge on any atom is -0.384 e. The third-order valence-electron chi connectivity index (χ3n) is 1.95. The van der Waals surface area contributed by atoms with Gasteiger partial charge in [0, 0.05) is 18.7 Å². The predicted molar refractivity (Wildman–Crippen MR) is 57.8 cm³/mol. The molecule has 1 N–H and O–H groups in total. The molecule has 1 aromatic carbocycles. The Bertz CT molecular complexity index is 394. The zero-order valence-electron chi connectivity index (χ0n) is 8.17. The van der Waals surface area contributed by atoms with Gasteiger partial charge in [0.2, 0.25) is 0 Å².